The minimum absolute atomic E-state index is 0.202. The van der Waals surface area contributed by atoms with Crippen molar-refractivity contribution in [1.82, 2.24) is 30.7 Å². The molecule has 1 rings (SSSR count). The van der Waals surface area contributed by atoms with Crippen molar-refractivity contribution >= 4 is 12.1 Å². The third-order valence-corrected chi connectivity index (χ3v) is 3.43. The number of hydrogen-bond donors (Lipinski definition) is 3. The predicted molar refractivity (Wildman–Crippen MR) is 98.5 cm³/mol. The average Bonchev–Trinajstić information content (AvgIpc) is 2.96. The van der Waals surface area contributed by atoms with Crippen molar-refractivity contribution in [1.29, 1.82) is 0 Å². The molecule has 3 N–H and O–H groups in total. The fraction of sp³-hybridized carbons (Fsp3) is 0.765. The van der Waals surface area contributed by atoms with Gasteiger partial charge in [0.05, 0.1) is 6.54 Å². The monoisotopic (exact) mass is 368 g/mol. The summed E-state index contributed by atoms with van der Waals surface area (Å²) in [6.07, 6.45) is 1.86. The van der Waals surface area contributed by atoms with E-state index >= 15 is 0 Å². The van der Waals surface area contributed by atoms with Crippen LogP contribution in [0.5, 0.6) is 0 Å². The van der Waals surface area contributed by atoms with Crippen LogP contribution in [-0.2, 0) is 17.8 Å². The van der Waals surface area contributed by atoms with Gasteiger partial charge in [-0.3, -0.25) is 0 Å². The summed E-state index contributed by atoms with van der Waals surface area (Å²) in [4.78, 5) is 24.0. The van der Waals surface area contributed by atoms with Gasteiger partial charge in [0.2, 0.25) is 0 Å². The van der Waals surface area contributed by atoms with Crippen molar-refractivity contribution in [3.05, 3.63) is 12.2 Å². The van der Waals surface area contributed by atoms with Crippen molar-refractivity contribution in [3.63, 3.8) is 0 Å². The third kappa shape index (κ3) is 8.68. The van der Waals surface area contributed by atoms with Crippen LogP contribution in [0, 0.1) is 5.92 Å². The summed E-state index contributed by atoms with van der Waals surface area (Å²) in [5.41, 5.74) is -0.558. The lowest BCUT2D eigenvalue weighted by atomic mass is 10.0. The number of ether oxygens (including phenoxy) is 1. The molecule has 1 heterocycles. The van der Waals surface area contributed by atoms with Crippen molar-refractivity contribution in [2.24, 2.45) is 5.92 Å². The predicted octanol–water partition coefficient (Wildman–Crippen LogP) is 2.04. The molecule has 0 saturated heterocycles. The maximum Gasteiger partial charge on any atom is 0.407 e. The molecule has 0 aliphatic carbocycles. The maximum atomic E-state index is 12.2. The molecule has 0 spiro atoms. The van der Waals surface area contributed by atoms with E-state index in [1.54, 1.807) is 27.1 Å². The highest BCUT2D eigenvalue weighted by Gasteiger charge is 2.19. The zero-order chi connectivity index (χ0) is 19.7. The number of hydrogen-bond acceptors (Lipinski definition) is 5. The number of alkyl carbamates (subject to hydrolysis) is 1. The number of aromatic nitrogens is 3. The summed E-state index contributed by atoms with van der Waals surface area (Å²) in [7, 11) is 0. The van der Waals surface area contributed by atoms with E-state index in [0.29, 0.717) is 18.3 Å². The number of nitrogens with one attached hydrogen (secondary N) is 3. The first-order valence-corrected chi connectivity index (χ1v) is 8.98. The molecule has 148 valence electrons. The van der Waals surface area contributed by atoms with Crippen LogP contribution in [0.2, 0.25) is 0 Å². The Morgan fingerprint density at radius 3 is 2.54 bits per heavy atom. The van der Waals surface area contributed by atoms with Crippen LogP contribution < -0.4 is 16.0 Å². The summed E-state index contributed by atoms with van der Waals surface area (Å²) < 4.78 is 7.08. The van der Waals surface area contributed by atoms with E-state index in [4.69, 9.17) is 4.74 Å². The minimum Gasteiger partial charge on any atom is -0.444 e. The molecule has 1 atom stereocenters. The first-order valence-electron chi connectivity index (χ1n) is 8.98. The van der Waals surface area contributed by atoms with Crippen molar-refractivity contribution in [3.8, 4) is 0 Å². The van der Waals surface area contributed by atoms with Gasteiger partial charge in [0.1, 0.15) is 11.9 Å². The Morgan fingerprint density at radius 1 is 1.27 bits per heavy atom. The molecule has 0 unspecified atom stereocenters. The van der Waals surface area contributed by atoms with Gasteiger partial charge in [-0.15, -0.1) is 10.2 Å². The molecular formula is C17H32N6O3. The zero-order valence-electron chi connectivity index (χ0n) is 16.6. The maximum absolute atomic E-state index is 12.2. The summed E-state index contributed by atoms with van der Waals surface area (Å²) in [5, 5.41) is 16.2. The van der Waals surface area contributed by atoms with Crippen molar-refractivity contribution < 1.29 is 14.3 Å². The molecule has 0 aromatic carbocycles. The number of nitrogens with zero attached hydrogens (tertiary/aromatic N) is 3. The van der Waals surface area contributed by atoms with Crippen molar-refractivity contribution in [2.75, 3.05) is 6.54 Å². The van der Waals surface area contributed by atoms with Crippen LogP contribution in [0.4, 0.5) is 9.59 Å². The van der Waals surface area contributed by atoms with Gasteiger partial charge in [-0.05, 0) is 40.0 Å². The molecule has 1 aromatic heterocycles. The van der Waals surface area contributed by atoms with Gasteiger partial charge in [-0.25, -0.2) is 9.59 Å². The van der Waals surface area contributed by atoms with Gasteiger partial charge in [0.25, 0.3) is 0 Å². The fourth-order valence-corrected chi connectivity index (χ4v) is 2.36. The molecule has 0 bridgehead atoms. The lowest BCUT2D eigenvalue weighted by Gasteiger charge is -2.23. The number of carbonyl (C=O) groups is 2. The molecular weight excluding hydrogens is 336 g/mol. The van der Waals surface area contributed by atoms with E-state index in [2.05, 4.69) is 40.0 Å². The van der Waals surface area contributed by atoms with Gasteiger partial charge in [-0.1, -0.05) is 13.8 Å². The second-order valence-electron chi connectivity index (χ2n) is 7.57. The molecule has 0 radical (unpaired) electrons. The van der Waals surface area contributed by atoms with Gasteiger partial charge in [0, 0.05) is 19.1 Å². The number of rotatable bonds is 8. The smallest absolute Gasteiger partial charge is 0.407 e. The van der Waals surface area contributed by atoms with Crippen LogP contribution in [0.3, 0.4) is 0 Å². The highest BCUT2D eigenvalue weighted by atomic mass is 16.6. The first kappa shape index (κ1) is 21.7. The molecule has 1 aromatic rings. The van der Waals surface area contributed by atoms with Crippen LogP contribution in [0.25, 0.3) is 0 Å². The number of amides is 3. The summed E-state index contributed by atoms with van der Waals surface area (Å²) in [6.45, 7) is 12.8. The lowest BCUT2D eigenvalue weighted by molar-refractivity contribution is 0.0521. The number of carbonyl (C=O) groups excluding carboxylic acids is 2. The highest BCUT2D eigenvalue weighted by molar-refractivity contribution is 5.74. The van der Waals surface area contributed by atoms with Gasteiger partial charge in [0.15, 0.2) is 5.82 Å². The lowest BCUT2D eigenvalue weighted by Crippen LogP contribution is -2.48. The average molecular weight is 368 g/mol. The Labute approximate surface area is 155 Å². The van der Waals surface area contributed by atoms with E-state index in [1.807, 2.05) is 11.5 Å². The van der Waals surface area contributed by atoms with Gasteiger partial charge < -0.3 is 25.3 Å². The Kier molecular flexibility index (Phi) is 8.34. The van der Waals surface area contributed by atoms with E-state index < -0.39 is 11.7 Å². The van der Waals surface area contributed by atoms with Crippen molar-refractivity contribution in [2.45, 2.75) is 72.7 Å². The second-order valence-corrected chi connectivity index (χ2v) is 7.57. The van der Waals surface area contributed by atoms with Crippen LogP contribution in [0.15, 0.2) is 6.33 Å². The number of aryl methyl sites for hydroxylation is 1. The van der Waals surface area contributed by atoms with E-state index in [9.17, 15) is 9.59 Å². The quantitative estimate of drug-likeness (QED) is 0.650. The largest absolute Gasteiger partial charge is 0.444 e. The van der Waals surface area contributed by atoms with Crippen LogP contribution in [-0.4, -0.2) is 45.1 Å². The van der Waals surface area contributed by atoms with E-state index in [-0.39, 0.29) is 18.6 Å². The van der Waals surface area contributed by atoms with Gasteiger partial charge >= 0.3 is 12.1 Å². The molecule has 9 nitrogen and oxygen atoms in total. The van der Waals surface area contributed by atoms with Crippen LogP contribution >= 0.6 is 0 Å². The molecule has 0 aliphatic heterocycles. The standard InChI is InChI=1S/C17H32N6O3/c1-7-23-11-20-22-14(23)10-18-15(24)21-13(8-12(2)3)9-19-16(25)26-17(4,5)6/h11-13H,7-10H2,1-6H3,(H,19,25)(H2,18,21,24)/t13-/m0/s1. The Balaban J connectivity index is 2.49. The molecule has 0 saturated carbocycles. The first-order chi connectivity index (χ1) is 12.1. The van der Waals surface area contributed by atoms with Gasteiger partial charge in [-0.2, -0.15) is 0 Å². The minimum atomic E-state index is -0.558. The molecule has 3 amide bonds. The zero-order valence-corrected chi connectivity index (χ0v) is 16.6. The third-order valence-electron chi connectivity index (χ3n) is 3.43. The molecule has 9 heteroatoms. The normalized spacial score (nSPS) is 12.6. The second kappa shape index (κ2) is 9.98. The molecule has 0 fully saturated rings. The van der Waals surface area contributed by atoms with Crippen LogP contribution in [0.1, 0.15) is 53.8 Å². The summed E-state index contributed by atoms with van der Waals surface area (Å²) >= 11 is 0. The Morgan fingerprint density at radius 2 is 1.96 bits per heavy atom. The molecule has 0 aliphatic rings. The highest BCUT2D eigenvalue weighted by Crippen LogP contribution is 2.07. The summed E-state index contributed by atoms with van der Waals surface area (Å²) in [5.74, 6) is 1.05. The molecule has 26 heavy (non-hydrogen) atoms. The van der Waals surface area contributed by atoms with E-state index in [1.165, 1.54) is 0 Å². The number of urea groups is 1. The summed E-state index contributed by atoms with van der Waals surface area (Å²) in [6, 6.07) is -0.515. The Bertz CT molecular complexity index is 579. The Hall–Kier alpha value is -2.32. The van der Waals surface area contributed by atoms with E-state index in [0.717, 1.165) is 13.0 Å². The topological polar surface area (TPSA) is 110 Å². The SMILES string of the molecule is CCn1cnnc1CNC(=O)N[C@H](CNC(=O)OC(C)(C)C)CC(C)C. The fourth-order valence-electron chi connectivity index (χ4n) is 2.36.